The molecule has 0 saturated carbocycles. The second-order valence-corrected chi connectivity index (χ2v) is 3.43. The van der Waals surface area contributed by atoms with Crippen molar-refractivity contribution in [2.75, 3.05) is 13.2 Å². The Morgan fingerprint density at radius 1 is 1.43 bits per heavy atom. The molecule has 0 radical (unpaired) electrons. The molecule has 14 heavy (non-hydrogen) atoms. The van der Waals surface area contributed by atoms with Gasteiger partial charge in [0.1, 0.15) is 6.10 Å². The van der Waals surface area contributed by atoms with Crippen LogP contribution in [0.2, 0.25) is 0 Å². The summed E-state index contributed by atoms with van der Waals surface area (Å²) in [6.45, 7) is 5.14. The van der Waals surface area contributed by atoms with E-state index in [2.05, 4.69) is 4.99 Å². The van der Waals surface area contributed by atoms with Crippen molar-refractivity contribution < 1.29 is 9.47 Å². The van der Waals surface area contributed by atoms with Crippen LogP contribution in [-0.4, -0.2) is 31.0 Å². The van der Waals surface area contributed by atoms with E-state index in [9.17, 15) is 0 Å². The van der Waals surface area contributed by atoms with Crippen molar-refractivity contribution in [1.82, 2.24) is 0 Å². The second kappa shape index (κ2) is 4.61. The van der Waals surface area contributed by atoms with Gasteiger partial charge in [0.25, 0.3) is 0 Å². The topological polar surface area (TPSA) is 82.9 Å². The molecule has 0 aromatic rings. The summed E-state index contributed by atoms with van der Waals surface area (Å²) in [5.74, 6) is -0.317. The Morgan fingerprint density at radius 3 is 2.50 bits per heavy atom. The van der Waals surface area contributed by atoms with Gasteiger partial charge in [0.2, 0.25) is 0 Å². The van der Waals surface area contributed by atoms with Gasteiger partial charge >= 0.3 is 0 Å². The van der Waals surface area contributed by atoms with E-state index in [4.69, 9.17) is 20.9 Å². The van der Waals surface area contributed by atoms with Gasteiger partial charge in [-0.15, -0.1) is 0 Å². The summed E-state index contributed by atoms with van der Waals surface area (Å²) in [7, 11) is 0. The second-order valence-electron chi connectivity index (χ2n) is 3.43. The van der Waals surface area contributed by atoms with Gasteiger partial charge in [-0.05, 0) is 12.8 Å². The Bertz CT molecular complexity index is 210. The van der Waals surface area contributed by atoms with E-state index >= 15 is 0 Å². The number of hydrogen-bond donors (Lipinski definition) is 2. The number of nitrogens with two attached hydrogens (primary N) is 2. The molecule has 0 amide bonds. The first kappa shape index (κ1) is 11.3. The average molecular weight is 201 g/mol. The summed E-state index contributed by atoms with van der Waals surface area (Å²) in [5.41, 5.74) is 10.5. The Kier molecular flexibility index (Phi) is 3.71. The van der Waals surface area contributed by atoms with E-state index in [1.165, 1.54) is 0 Å². The number of guanidine groups is 1. The largest absolute Gasteiger partial charge is 0.370 e. The van der Waals surface area contributed by atoms with Gasteiger partial charge in [0.05, 0.1) is 13.2 Å². The van der Waals surface area contributed by atoms with Crippen molar-refractivity contribution in [3.63, 3.8) is 0 Å². The van der Waals surface area contributed by atoms with Crippen molar-refractivity contribution in [3.8, 4) is 0 Å². The highest BCUT2D eigenvalue weighted by Gasteiger charge is 2.38. The van der Waals surface area contributed by atoms with Gasteiger partial charge in [-0.25, -0.2) is 0 Å². The number of rotatable bonds is 4. The molecular weight excluding hydrogens is 182 g/mol. The lowest BCUT2D eigenvalue weighted by atomic mass is 10.1. The van der Waals surface area contributed by atoms with Crippen molar-refractivity contribution in [1.29, 1.82) is 0 Å². The first-order valence-electron chi connectivity index (χ1n) is 4.99. The fourth-order valence-electron chi connectivity index (χ4n) is 1.53. The zero-order valence-corrected chi connectivity index (χ0v) is 8.82. The van der Waals surface area contributed by atoms with Crippen LogP contribution < -0.4 is 11.5 Å². The predicted molar refractivity (Wildman–Crippen MR) is 54.8 cm³/mol. The van der Waals surface area contributed by atoms with Crippen LogP contribution in [0.4, 0.5) is 0 Å². The smallest absolute Gasteiger partial charge is 0.186 e. The molecule has 5 nitrogen and oxygen atoms in total. The SMILES string of the molecule is CCC1(CC)OCC(CN=C(N)N)O1. The van der Waals surface area contributed by atoms with Crippen LogP contribution >= 0.6 is 0 Å². The summed E-state index contributed by atoms with van der Waals surface area (Å²) in [4.78, 5) is 3.91. The predicted octanol–water partition coefficient (Wildman–Crippen LogP) is 0.192. The lowest BCUT2D eigenvalue weighted by Gasteiger charge is -2.24. The minimum atomic E-state index is -0.413. The summed E-state index contributed by atoms with van der Waals surface area (Å²) < 4.78 is 11.4. The van der Waals surface area contributed by atoms with Crippen LogP contribution in [0, 0.1) is 0 Å². The maximum atomic E-state index is 5.76. The molecule has 1 unspecified atom stereocenters. The number of nitrogens with zero attached hydrogens (tertiary/aromatic N) is 1. The highest BCUT2D eigenvalue weighted by molar-refractivity contribution is 5.75. The molecule has 1 heterocycles. The third kappa shape index (κ3) is 2.59. The fraction of sp³-hybridized carbons (Fsp3) is 0.889. The van der Waals surface area contributed by atoms with Gasteiger partial charge in [0, 0.05) is 0 Å². The zero-order chi connectivity index (χ0) is 10.6. The molecule has 1 atom stereocenters. The Hall–Kier alpha value is -0.810. The van der Waals surface area contributed by atoms with Gasteiger partial charge < -0.3 is 20.9 Å². The molecule has 0 bridgehead atoms. The van der Waals surface area contributed by atoms with Crippen LogP contribution in [0.5, 0.6) is 0 Å². The highest BCUT2D eigenvalue weighted by atomic mass is 16.7. The van der Waals surface area contributed by atoms with E-state index in [1.807, 2.05) is 13.8 Å². The standard InChI is InChI=1S/C9H19N3O2/c1-3-9(4-2)13-6-7(14-9)5-12-8(10)11/h7H,3-6H2,1-2H3,(H4,10,11,12). The van der Waals surface area contributed by atoms with Crippen molar-refractivity contribution in [2.24, 2.45) is 16.5 Å². The number of hydrogen-bond acceptors (Lipinski definition) is 3. The van der Waals surface area contributed by atoms with Gasteiger partial charge in [-0.2, -0.15) is 0 Å². The first-order chi connectivity index (χ1) is 6.62. The molecule has 0 aliphatic carbocycles. The van der Waals surface area contributed by atoms with Crippen LogP contribution in [0.15, 0.2) is 4.99 Å². The van der Waals surface area contributed by atoms with Crippen LogP contribution in [0.3, 0.4) is 0 Å². The molecule has 1 fully saturated rings. The molecule has 4 N–H and O–H groups in total. The average Bonchev–Trinajstić information content (AvgIpc) is 2.59. The van der Waals surface area contributed by atoms with E-state index in [-0.39, 0.29) is 12.1 Å². The maximum Gasteiger partial charge on any atom is 0.186 e. The zero-order valence-electron chi connectivity index (χ0n) is 8.82. The quantitative estimate of drug-likeness (QED) is 0.502. The number of ether oxygens (including phenoxy) is 2. The molecular formula is C9H19N3O2. The third-order valence-corrected chi connectivity index (χ3v) is 2.47. The van der Waals surface area contributed by atoms with Gasteiger partial charge in [-0.1, -0.05) is 13.8 Å². The van der Waals surface area contributed by atoms with Crippen LogP contribution in [0.25, 0.3) is 0 Å². The summed E-state index contributed by atoms with van der Waals surface area (Å²) in [6, 6.07) is 0. The third-order valence-electron chi connectivity index (χ3n) is 2.47. The van der Waals surface area contributed by atoms with E-state index < -0.39 is 5.79 Å². The van der Waals surface area contributed by atoms with Gasteiger partial charge in [-0.3, -0.25) is 4.99 Å². The normalized spacial score (nSPS) is 24.9. The lowest BCUT2D eigenvalue weighted by Crippen LogP contribution is -2.30. The Balaban J connectivity index is 2.44. The minimum Gasteiger partial charge on any atom is -0.370 e. The fourth-order valence-corrected chi connectivity index (χ4v) is 1.53. The molecule has 0 aromatic heterocycles. The van der Waals surface area contributed by atoms with Crippen molar-refractivity contribution >= 4 is 5.96 Å². The molecule has 82 valence electrons. The molecule has 1 aliphatic heterocycles. The molecule has 0 spiro atoms. The van der Waals surface area contributed by atoms with E-state index in [1.54, 1.807) is 0 Å². The lowest BCUT2D eigenvalue weighted by molar-refractivity contribution is -0.170. The molecule has 5 heteroatoms. The Labute approximate surface area is 84.5 Å². The van der Waals surface area contributed by atoms with E-state index in [0.717, 1.165) is 12.8 Å². The Morgan fingerprint density at radius 2 is 2.07 bits per heavy atom. The highest BCUT2D eigenvalue weighted by Crippen LogP contribution is 2.30. The number of aliphatic imine (C=N–C) groups is 1. The van der Waals surface area contributed by atoms with Crippen molar-refractivity contribution in [3.05, 3.63) is 0 Å². The van der Waals surface area contributed by atoms with Gasteiger partial charge in [0.15, 0.2) is 11.7 Å². The summed E-state index contributed by atoms with van der Waals surface area (Å²) >= 11 is 0. The van der Waals surface area contributed by atoms with E-state index in [0.29, 0.717) is 13.2 Å². The van der Waals surface area contributed by atoms with Crippen LogP contribution in [0.1, 0.15) is 26.7 Å². The summed E-state index contributed by atoms with van der Waals surface area (Å²) in [6.07, 6.45) is 1.68. The molecule has 1 aliphatic rings. The molecule has 0 aromatic carbocycles. The van der Waals surface area contributed by atoms with Crippen molar-refractivity contribution in [2.45, 2.75) is 38.6 Å². The minimum absolute atomic E-state index is 0.0167. The van der Waals surface area contributed by atoms with Crippen LogP contribution in [-0.2, 0) is 9.47 Å². The molecule has 1 saturated heterocycles. The summed E-state index contributed by atoms with van der Waals surface area (Å²) in [5, 5.41) is 0. The first-order valence-corrected chi connectivity index (χ1v) is 4.99. The monoisotopic (exact) mass is 201 g/mol. The molecule has 1 rings (SSSR count). The maximum absolute atomic E-state index is 5.76.